The average molecular weight is 504 g/mol. The SMILES string of the molecule is CC(C)CCOc1ccc(C2/C(=C(\O)c3ccc4c(c3)OCCO4)C(=O)C(=O)N2Cc2ccco2)cc1. The van der Waals surface area contributed by atoms with Crippen LogP contribution in [-0.2, 0) is 16.1 Å². The Balaban J connectivity index is 1.53. The molecule has 5 rings (SSSR count). The molecule has 0 aliphatic carbocycles. The van der Waals surface area contributed by atoms with Crippen LogP contribution in [-0.4, -0.2) is 41.5 Å². The number of fused-ring (bicyclic) bond motifs is 1. The summed E-state index contributed by atoms with van der Waals surface area (Å²) in [5.74, 6) is 1.03. The molecule has 1 N–H and O–H groups in total. The minimum absolute atomic E-state index is 0.00158. The van der Waals surface area contributed by atoms with E-state index in [1.165, 1.54) is 11.2 Å². The van der Waals surface area contributed by atoms with Crippen LogP contribution in [0.4, 0.5) is 0 Å². The summed E-state index contributed by atoms with van der Waals surface area (Å²) in [5.41, 5.74) is 1.03. The van der Waals surface area contributed by atoms with Gasteiger partial charge in [-0.2, -0.15) is 0 Å². The predicted molar refractivity (Wildman–Crippen MR) is 135 cm³/mol. The zero-order valence-electron chi connectivity index (χ0n) is 20.8. The molecule has 37 heavy (non-hydrogen) atoms. The van der Waals surface area contributed by atoms with E-state index < -0.39 is 17.7 Å². The lowest BCUT2D eigenvalue weighted by Gasteiger charge is -2.25. The van der Waals surface area contributed by atoms with E-state index in [0.29, 0.717) is 59.9 Å². The van der Waals surface area contributed by atoms with Crippen molar-refractivity contribution in [3.05, 3.63) is 83.3 Å². The highest BCUT2D eigenvalue weighted by Gasteiger charge is 2.46. The summed E-state index contributed by atoms with van der Waals surface area (Å²) in [5, 5.41) is 11.3. The first-order valence-corrected chi connectivity index (χ1v) is 12.4. The van der Waals surface area contributed by atoms with Crippen molar-refractivity contribution >= 4 is 17.4 Å². The summed E-state index contributed by atoms with van der Waals surface area (Å²) >= 11 is 0. The number of nitrogens with zero attached hydrogens (tertiary/aromatic N) is 1. The molecule has 192 valence electrons. The van der Waals surface area contributed by atoms with Crippen molar-refractivity contribution < 1.29 is 33.3 Å². The van der Waals surface area contributed by atoms with Gasteiger partial charge < -0.3 is 28.6 Å². The van der Waals surface area contributed by atoms with Gasteiger partial charge in [0.2, 0.25) is 0 Å². The third-order valence-corrected chi connectivity index (χ3v) is 6.42. The fourth-order valence-electron chi connectivity index (χ4n) is 4.47. The number of furan rings is 1. The zero-order chi connectivity index (χ0) is 25.9. The van der Waals surface area contributed by atoms with Crippen LogP contribution in [0.5, 0.6) is 17.2 Å². The second kappa shape index (κ2) is 10.4. The van der Waals surface area contributed by atoms with Gasteiger partial charge in [-0.15, -0.1) is 0 Å². The minimum Gasteiger partial charge on any atom is -0.507 e. The Labute approximate surface area is 215 Å². The number of hydrogen-bond acceptors (Lipinski definition) is 7. The van der Waals surface area contributed by atoms with Gasteiger partial charge in [0.15, 0.2) is 11.5 Å². The van der Waals surface area contributed by atoms with Crippen molar-refractivity contribution in [2.45, 2.75) is 32.9 Å². The van der Waals surface area contributed by atoms with E-state index in [2.05, 4.69) is 13.8 Å². The van der Waals surface area contributed by atoms with Crippen molar-refractivity contribution in [3.63, 3.8) is 0 Å². The minimum atomic E-state index is -0.817. The maximum absolute atomic E-state index is 13.3. The Kier molecular flexibility index (Phi) is 6.90. The lowest BCUT2D eigenvalue weighted by Crippen LogP contribution is -2.29. The van der Waals surface area contributed by atoms with Gasteiger partial charge in [0.25, 0.3) is 11.7 Å². The summed E-state index contributed by atoms with van der Waals surface area (Å²) < 4.78 is 22.5. The first-order chi connectivity index (χ1) is 17.9. The van der Waals surface area contributed by atoms with Crippen LogP contribution < -0.4 is 14.2 Å². The van der Waals surface area contributed by atoms with Crippen molar-refractivity contribution in [2.24, 2.45) is 5.92 Å². The number of carbonyl (C=O) groups excluding carboxylic acids is 2. The number of Topliss-reactive ketones (excluding diaryl/α,β-unsaturated/α-hetero) is 1. The first-order valence-electron chi connectivity index (χ1n) is 12.4. The van der Waals surface area contributed by atoms with E-state index in [0.717, 1.165) is 6.42 Å². The third-order valence-electron chi connectivity index (χ3n) is 6.42. The third kappa shape index (κ3) is 5.05. The molecule has 8 nitrogen and oxygen atoms in total. The molecule has 1 amide bonds. The van der Waals surface area contributed by atoms with Gasteiger partial charge in [0.1, 0.15) is 30.5 Å². The van der Waals surface area contributed by atoms with Gasteiger partial charge in [0, 0.05) is 5.56 Å². The van der Waals surface area contributed by atoms with Crippen molar-refractivity contribution in [1.82, 2.24) is 4.90 Å². The van der Waals surface area contributed by atoms with E-state index in [1.807, 2.05) is 24.3 Å². The molecule has 8 heteroatoms. The molecule has 0 bridgehead atoms. The molecule has 2 aliphatic heterocycles. The largest absolute Gasteiger partial charge is 0.507 e. The highest BCUT2D eigenvalue weighted by Crippen LogP contribution is 2.42. The quantitative estimate of drug-likeness (QED) is 0.259. The summed E-state index contributed by atoms with van der Waals surface area (Å²) in [4.78, 5) is 27.9. The molecule has 2 aliphatic rings. The van der Waals surface area contributed by atoms with E-state index in [-0.39, 0.29) is 17.9 Å². The number of ketones is 1. The highest BCUT2D eigenvalue weighted by atomic mass is 16.6. The van der Waals surface area contributed by atoms with Crippen molar-refractivity contribution in [1.29, 1.82) is 0 Å². The normalized spacial score (nSPS) is 18.5. The number of likely N-dealkylation sites (tertiary alicyclic amines) is 1. The maximum atomic E-state index is 13.3. The molecule has 2 aromatic carbocycles. The molecule has 1 atom stereocenters. The Hall–Kier alpha value is -4.20. The van der Waals surface area contributed by atoms with Crippen molar-refractivity contribution in [2.75, 3.05) is 19.8 Å². The number of hydrogen-bond donors (Lipinski definition) is 1. The standard InChI is InChI=1S/C29H29NO7/c1-18(2)11-13-35-21-8-5-19(6-9-21)26-25(28(32)29(33)30(26)17-22-4-3-12-34-22)27(31)20-7-10-23-24(16-20)37-15-14-36-23/h3-10,12,16,18,26,31H,11,13-15,17H2,1-2H3/b27-25+. The number of aliphatic hydroxyl groups excluding tert-OH is 1. The topological polar surface area (TPSA) is 98.4 Å². The van der Waals surface area contributed by atoms with E-state index in [4.69, 9.17) is 18.6 Å². The Bertz CT molecular complexity index is 1310. The second-order valence-corrected chi connectivity index (χ2v) is 9.46. The van der Waals surface area contributed by atoms with E-state index in [9.17, 15) is 14.7 Å². The smallest absolute Gasteiger partial charge is 0.296 e. The van der Waals surface area contributed by atoms with Gasteiger partial charge >= 0.3 is 0 Å². The number of rotatable bonds is 8. The van der Waals surface area contributed by atoms with Gasteiger partial charge in [0.05, 0.1) is 31.0 Å². The van der Waals surface area contributed by atoms with Crippen LogP contribution in [0.3, 0.4) is 0 Å². The average Bonchev–Trinajstić information content (AvgIpc) is 3.51. The molecule has 0 spiro atoms. The molecule has 1 fully saturated rings. The number of ether oxygens (including phenoxy) is 3. The van der Waals surface area contributed by atoms with Crippen LogP contribution in [0.2, 0.25) is 0 Å². The maximum Gasteiger partial charge on any atom is 0.296 e. The Morgan fingerprint density at radius 3 is 2.51 bits per heavy atom. The van der Waals surface area contributed by atoms with Gasteiger partial charge in [-0.3, -0.25) is 9.59 Å². The predicted octanol–water partition coefficient (Wildman–Crippen LogP) is 5.10. The van der Waals surface area contributed by atoms with Gasteiger partial charge in [-0.25, -0.2) is 0 Å². The lowest BCUT2D eigenvalue weighted by molar-refractivity contribution is -0.140. The van der Waals surface area contributed by atoms with Crippen LogP contribution in [0.25, 0.3) is 5.76 Å². The molecule has 0 radical (unpaired) electrons. The monoisotopic (exact) mass is 503 g/mol. The molecule has 1 unspecified atom stereocenters. The summed E-state index contributed by atoms with van der Waals surface area (Å²) in [6.07, 6.45) is 2.44. The van der Waals surface area contributed by atoms with Crippen molar-refractivity contribution in [3.8, 4) is 17.2 Å². The zero-order valence-corrected chi connectivity index (χ0v) is 20.8. The van der Waals surface area contributed by atoms with E-state index >= 15 is 0 Å². The summed E-state index contributed by atoms with van der Waals surface area (Å²) in [7, 11) is 0. The number of carbonyl (C=O) groups is 2. The van der Waals surface area contributed by atoms with Crippen LogP contribution in [0.15, 0.2) is 70.9 Å². The number of amides is 1. The number of aliphatic hydroxyl groups is 1. The molecule has 0 saturated carbocycles. The lowest BCUT2D eigenvalue weighted by atomic mass is 9.95. The Morgan fingerprint density at radius 1 is 1.05 bits per heavy atom. The summed E-state index contributed by atoms with van der Waals surface area (Å²) in [6, 6.07) is 14.8. The van der Waals surface area contributed by atoms with Gasteiger partial charge in [-0.1, -0.05) is 26.0 Å². The first kappa shape index (κ1) is 24.5. The fourth-order valence-corrected chi connectivity index (χ4v) is 4.47. The number of benzene rings is 2. The Morgan fingerprint density at radius 2 is 1.81 bits per heavy atom. The highest BCUT2D eigenvalue weighted by molar-refractivity contribution is 6.46. The van der Waals surface area contributed by atoms with Gasteiger partial charge in [-0.05, 0) is 60.4 Å². The fraction of sp³-hybridized carbons (Fsp3) is 0.310. The molecular formula is C29H29NO7. The van der Waals surface area contributed by atoms with Crippen LogP contribution >= 0.6 is 0 Å². The van der Waals surface area contributed by atoms with Crippen LogP contribution in [0.1, 0.15) is 43.2 Å². The van der Waals surface area contributed by atoms with E-state index in [1.54, 1.807) is 30.3 Å². The van der Waals surface area contributed by atoms with Crippen LogP contribution in [0, 0.1) is 5.92 Å². The molecule has 1 aromatic heterocycles. The summed E-state index contributed by atoms with van der Waals surface area (Å²) in [6.45, 7) is 5.76. The molecule has 1 saturated heterocycles. The molecule has 3 heterocycles. The molecule has 3 aromatic rings. The second-order valence-electron chi connectivity index (χ2n) is 9.46. The molecular weight excluding hydrogens is 474 g/mol.